The average molecular weight is 340 g/mol. The van der Waals surface area contributed by atoms with Gasteiger partial charge in [0.1, 0.15) is 17.6 Å². The minimum atomic E-state index is -0.424. The van der Waals surface area contributed by atoms with Crippen LogP contribution in [0, 0.1) is 6.92 Å². The highest BCUT2D eigenvalue weighted by Gasteiger charge is 2.21. The van der Waals surface area contributed by atoms with E-state index in [2.05, 4.69) is 20.4 Å². The molecule has 0 aliphatic rings. The molecule has 0 aliphatic heterocycles. The van der Waals surface area contributed by atoms with Gasteiger partial charge in [-0.3, -0.25) is 9.78 Å². The summed E-state index contributed by atoms with van der Waals surface area (Å²) in [6.45, 7) is 7.60. The Morgan fingerprint density at radius 2 is 1.92 bits per heavy atom. The molecule has 7 nitrogen and oxygen atoms in total. The van der Waals surface area contributed by atoms with Crippen molar-refractivity contribution in [1.29, 1.82) is 0 Å². The highest BCUT2D eigenvalue weighted by molar-refractivity contribution is 5.95. The number of aromatic nitrogens is 3. The Kier molecular flexibility index (Phi) is 4.65. The third kappa shape index (κ3) is 3.60. The maximum absolute atomic E-state index is 12.5. The van der Waals surface area contributed by atoms with Crippen LogP contribution in [-0.2, 0) is 0 Å². The van der Waals surface area contributed by atoms with Gasteiger partial charge < -0.3 is 14.3 Å². The van der Waals surface area contributed by atoms with Crippen molar-refractivity contribution < 1.29 is 13.7 Å². The fraction of sp³-hybridized carbons (Fsp3) is 0.333. The monoisotopic (exact) mass is 340 g/mol. The van der Waals surface area contributed by atoms with E-state index < -0.39 is 6.04 Å². The van der Waals surface area contributed by atoms with Gasteiger partial charge in [-0.15, -0.1) is 0 Å². The second kappa shape index (κ2) is 6.88. The minimum absolute atomic E-state index is 0.219. The molecule has 1 atom stereocenters. The number of furan rings is 1. The fourth-order valence-corrected chi connectivity index (χ4v) is 2.38. The van der Waals surface area contributed by atoms with Gasteiger partial charge in [0.05, 0.1) is 5.56 Å². The van der Waals surface area contributed by atoms with Crippen molar-refractivity contribution in [2.24, 2.45) is 0 Å². The van der Waals surface area contributed by atoms with Gasteiger partial charge in [-0.05, 0) is 32.0 Å². The fourth-order valence-electron chi connectivity index (χ4n) is 2.38. The van der Waals surface area contributed by atoms with Crippen molar-refractivity contribution >= 4 is 5.91 Å². The van der Waals surface area contributed by atoms with Crippen molar-refractivity contribution in [2.45, 2.75) is 39.7 Å². The Morgan fingerprint density at radius 1 is 1.20 bits per heavy atom. The number of carbonyl (C=O) groups excluding carboxylic acids is 1. The van der Waals surface area contributed by atoms with Crippen LogP contribution in [0.25, 0.3) is 11.4 Å². The molecule has 1 amide bonds. The highest BCUT2D eigenvalue weighted by Crippen LogP contribution is 2.23. The summed E-state index contributed by atoms with van der Waals surface area (Å²) in [6, 6.07) is 4.94. The van der Waals surface area contributed by atoms with E-state index in [1.54, 1.807) is 44.4 Å². The predicted molar refractivity (Wildman–Crippen MR) is 90.9 cm³/mol. The van der Waals surface area contributed by atoms with Crippen LogP contribution in [-0.4, -0.2) is 21.0 Å². The molecule has 25 heavy (non-hydrogen) atoms. The van der Waals surface area contributed by atoms with Crippen LogP contribution in [0.2, 0.25) is 0 Å². The highest BCUT2D eigenvalue weighted by atomic mass is 16.5. The lowest BCUT2D eigenvalue weighted by molar-refractivity contribution is 0.0931. The molecular formula is C18H20N4O3. The molecule has 0 fully saturated rings. The first-order valence-corrected chi connectivity index (χ1v) is 8.11. The number of nitrogens with one attached hydrogen (secondary N) is 1. The van der Waals surface area contributed by atoms with E-state index in [0.717, 1.165) is 11.3 Å². The van der Waals surface area contributed by atoms with Crippen molar-refractivity contribution in [3.05, 3.63) is 53.6 Å². The van der Waals surface area contributed by atoms with E-state index in [-0.39, 0.29) is 11.8 Å². The number of amides is 1. The second-order valence-electron chi connectivity index (χ2n) is 6.16. The Morgan fingerprint density at radius 3 is 2.56 bits per heavy atom. The largest absolute Gasteiger partial charge is 0.465 e. The normalized spacial score (nSPS) is 12.4. The first kappa shape index (κ1) is 16.9. The van der Waals surface area contributed by atoms with Crippen molar-refractivity contribution in [1.82, 2.24) is 20.4 Å². The smallest absolute Gasteiger partial charge is 0.255 e. The van der Waals surface area contributed by atoms with Crippen molar-refractivity contribution in [3.8, 4) is 11.4 Å². The van der Waals surface area contributed by atoms with E-state index in [9.17, 15) is 4.79 Å². The van der Waals surface area contributed by atoms with Gasteiger partial charge in [-0.25, -0.2) is 0 Å². The van der Waals surface area contributed by atoms with E-state index in [1.807, 2.05) is 13.8 Å². The Labute approximate surface area is 145 Å². The maximum atomic E-state index is 12.5. The zero-order valence-electron chi connectivity index (χ0n) is 14.6. The minimum Gasteiger partial charge on any atom is -0.465 e. The Balaban J connectivity index is 1.73. The molecular weight excluding hydrogens is 320 g/mol. The molecule has 0 saturated carbocycles. The molecule has 130 valence electrons. The Bertz CT molecular complexity index is 868. The van der Waals surface area contributed by atoms with Crippen molar-refractivity contribution in [2.75, 3.05) is 0 Å². The van der Waals surface area contributed by atoms with Gasteiger partial charge in [-0.2, -0.15) is 4.98 Å². The quantitative estimate of drug-likeness (QED) is 0.762. The summed E-state index contributed by atoms with van der Waals surface area (Å²) in [6.07, 6.45) is 3.31. The lowest BCUT2D eigenvalue weighted by atomic mass is 10.1. The number of hydrogen-bond acceptors (Lipinski definition) is 6. The Hall–Kier alpha value is -2.96. The second-order valence-corrected chi connectivity index (χ2v) is 6.16. The van der Waals surface area contributed by atoms with Gasteiger partial charge in [0.15, 0.2) is 0 Å². The number of hydrogen-bond donors (Lipinski definition) is 1. The molecule has 0 aromatic carbocycles. The molecule has 3 aromatic heterocycles. The third-order valence-electron chi connectivity index (χ3n) is 3.85. The molecule has 1 N–H and O–H groups in total. The topological polar surface area (TPSA) is 94.1 Å². The zero-order valence-corrected chi connectivity index (χ0v) is 14.6. The number of nitrogens with zero attached hydrogens (tertiary/aromatic N) is 3. The van der Waals surface area contributed by atoms with Crippen LogP contribution in [0.1, 0.15) is 60.5 Å². The maximum Gasteiger partial charge on any atom is 0.255 e. The zero-order chi connectivity index (χ0) is 18.0. The first-order chi connectivity index (χ1) is 12.0. The molecule has 0 spiro atoms. The van der Waals surface area contributed by atoms with Crippen LogP contribution in [0.3, 0.4) is 0 Å². The molecule has 1 unspecified atom stereocenters. The van der Waals surface area contributed by atoms with Crippen molar-refractivity contribution in [3.63, 3.8) is 0 Å². The molecule has 0 aliphatic carbocycles. The summed E-state index contributed by atoms with van der Waals surface area (Å²) in [5.74, 6) is 2.16. The van der Waals surface area contributed by atoms with Gasteiger partial charge in [-0.1, -0.05) is 19.0 Å². The summed E-state index contributed by atoms with van der Waals surface area (Å²) >= 11 is 0. The van der Waals surface area contributed by atoms with Crippen LogP contribution in [0.15, 0.2) is 39.5 Å². The number of aryl methyl sites for hydroxylation is 1. The summed E-state index contributed by atoms with van der Waals surface area (Å²) in [5.41, 5.74) is 1.32. The van der Waals surface area contributed by atoms with Gasteiger partial charge in [0, 0.05) is 23.9 Å². The van der Waals surface area contributed by atoms with E-state index in [1.165, 1.54) is 0 Å². The number of carbonyl (C=O) groups is 1. The predicted octanol–water partition coefficient (Wildman–Crippen LogP) is 3.65. The molecule has 3 heterocycles. The van der Waals surface area contributed by atoms with Gasteiger partial charge in [0.2, 0.25) is 11.7 Å². The van der Waals surface area contributed by atoms with Crippen LogP contribution in [0.5, 0.6) is 0 Å². The summed E-state index contributed by atoms with van der Waals surface area (Å²) < 4.78 is 10.9. The first-order valence-electron chi connectivity index (χ1n) is 8.11. The summed E-state index contributed by atoms with van der Waals surface area (Å²) in [5, 5.41) is 6.81. The lowest BCUT2D eigenvalue weighted by Gasteiger charge is -2.08. The molecule has 3 aromatic rings. The molecule has 0 saturated heterocycles. The SMILES string of the molecule is Cc1oc(C(C)C)cc1C(=O)NC(C)c1nc(-c2ccncc2)no1. The lowest BCUT2D eigenvalue weighted by Crippen LogP contribution is -2.27. The van der Waals surface area contributed by atoms with Crippen LogP contribution < -0.4 is 5.32 Å². The van der Waals surface area contributed by atoms with E-state index in [0.29, 0.717) is 23.0 Å². The van der Waals surface area contributed by atoms with Gasteiger partial charge in [0.25, 0.3) is 5.91 Å². The summed E-state index contributed by atoms with van der Waals surface area (Å²) in [4.78, 5) is 20.8. The number of rotatable bonds is 5. The standard InChI is InChI=1S/C18H20N4O3/c1-10(2)15-9-14(12(4)24-15)17(23)20-11(3)18-21-16(22-25-18)13-5-7-19-8-6-13/h5-11H,1-4H3,(H,20,23). The van der Waals surface area contributed by atoms with Crippen LogP contribution >= 0.6 is 0 Å². The summed E-state index contributed by atoms with van der Waals surface area (Å²) in [7, 11) is 0. The van der Waals surface area contributed by atoms with E-state index in [4.69, 9.17) is 8.94 Å². The molecule has 3 rings (SSSR count). The molecule has 0 bridgehead atoms. The average Bonchev–Trinajstić information content (AvgIpc) is 3.22. The van der Waals surface area contributed by atoms with Gasteiger partial charge >= 0.3 is 0 Å². The molecule has 0 radical (unpaired) electrons. The van der Waals surface area contributed by atoms with Crippen LogP contribution in [0.4, 0.5) is 0 Å². The van der Waals surface area contributed by atoms with E-state index >= 15 is 0 Å². The molecule has 7 heteroatoms. The number of pyridine rings is 1. The third-order valence-corrected chi connectivity index (χ3v) is 3.85.